The molecule has 0 radical (unpaired) electrons. The quantitative estimate of drug-likeness (QED) is 0.756. The second kappa shape index (κ2) is 8.82. The molecule has 1 N–H and O–H groups in total. The zero-order valence-electron chi connectivity index (χ0n) is 16.6. The van der Waals surface area contributed by atoms with E-state index in [4.69, 9.17) is 0 Å². The number of unbranched alkanes of at least 4 members (excludes halogenated alkanes) is 1. The van der Waals surface area contributed by atoms with Crippen LogP contribution in [0.25, 0.3) is 0 Å². The van der Waals surface area contributed by atoms with E-state index >= 15 is 0 Å². The van der Waals surface area contributed by atoms with Gasteiger partial charge in [-0.1, -0.05) is 24.6 Å². The van der Waals surface area contributed by atoms with E-state index in [-0.39, 0.29) is 11.8 Å². The first-order chi connectivity index (χ1) is 13.7. The molecule has 2 aromatic rings. The van der Waals surface area contributed by atoms with Gasteiger partial charge >= 0.3 is 0 Å². The molecule has 5 heterocycles. The lowest BCUT2D eigenvalue weighted by atomic mass is 9.75. The number of fused-ring (bicyclic) bond motifs is 3. The zero-order chi connectivity index (χ0) is 19.3. The number of hydrogen-bond donors (Lipinski definition) is 1. The highest BCUT2D eigenvalue weighted by Crippen LogP contribution is 2.37. The van der Waals surface area contributed by atoms with Crippen LogP contribution in [0.1, 0.15) is 43.9 Å². The van der Waals surface area contributed by atoms with Crippen molar-refractivity contribution in [3.63, 3.8) is 0 Å². The van der Waals surface area contributed by atoms with E-state index in [1.807, 2.05) is 16.8 Å². The maximum atomic E-state index is 12.7. The number of rotatable bonds is 8. The number of nitrogens with one attached hydrogen (secondary N) is 1. The van der Waals surface area contributed by atoms with E-state index in [1.54, 1.807) is 12.4 Å². The lowest BCUT2D eigenvalue weighted by Gasteiger charge is -2.49. The normalized spacial score (nSPS) is 26.3. The molecule has 5 rings (SSSR count). The Morgan fingerprint density at radius 2 is 2.32 bits per heavy atom. The van der Waals surface area contributed by atoms with Crippen molar-refractivity contribution >= 4 is 5.91 Å². The minimum absolute atomic E-state index is 0.0949. The van der Waals surface area contributed by atoms with Gasteiger partial charge in [0, 0.05) is 37.7 Å². The van der Waals surface area contributed by atoms with Crippen molar-refractivity contribution in [2.75, 3.05) is 13.1 Å². The molecule has 4 atom stereocenters. The van der Waals surface area contributed by atoms with Gasteiger partial charge in [-0.05, 0) is 49.8 Å². The van der Waals surface area contributed by atoms with E-state index < -0.39 is 0 Å². The molecule has 150 valence electrons. The highest BCUT2D eigenvalue weighted by atomic mass is 16.1. The van der Waals surface area contributed by atoms with Crippen molar-refractivity contribution in [3.8, 4) is 0 Å². The van der Waals surface area contributed by atoms with Crippen LogP contribution in [0.4, 0.5) is 0 Å². The van der Waals surface area contributed by atoms with Gasteiger partial charge in [0.15, 0.2) is 0 Å². The fourth-order valence-corrected chi connectivity index (χ4v) is 4.56. The highest BCUT2D eigenvalue weighted by molar-refractivity contribution is 5.79. The lowest BCUT2D eigenvalue weighted by molar-refractivity contribution is -0.133. The van der Waals surface area contributed by atoms with Crippen LogP contribution in [0.2, 0.25) is 0 Å². The predicted molar refractivity (Wildman–Crippen MR) is 106 cm³/mol. The summed E-state index contributed by atoms with van der Waals surface area (Å²) in [6.45, 7) is 5.56. The van der Waals surface area contributed by atoms with Gasteiger partial charge in [-0.3, -0.25) is 19.4 Å². The van der Waals surface area contributed by atoms with E-state index in [1.165, 1.54) is 6.42 Å². The molecular formula is C21H30N6O. The Morgan fingerprint density at radius 3 is 3.07 bits per heavy atom. The Hall–Kier alpha value is -2.28. The van der Waals surface area contributed by atoms with E-state index in [0.717, 1.165) is 56.6 Å². The molecule has 3 aliphatic rings. The molecule has 7 nitrogen and oxygen atoms in total. The highest BCUT2D eigenvalue weighted by Gasteiger charge is 2.43. The zero-order valence-corrected chi connectivity index (χ0v) is 16.6. The van der Waals surface area contributed by atoms with Gasteiger partial charge in [-0.25, -0.2) is 0 Å². The van der Waals surface area contributed by atoms with Crippen LogP contribution < -0.4 is 5.32 Å². The Bertz CT molecular complexity index is 776. The van der Waals surface area contributed by atoms with Crippen LogP contribution in [0.5, 0.6) is 0 Å². The number of hydrogen-bond acceptors (Lipinski definition) is 5. The predicted octanol–water partition coefficient (Wildman–Crippen LogP) is 2.04. The first kappa shape index (κ1) is 19.1. The number of piperidine rings is 3. The first-order valence-corrected chi connectivity index (χ1v) is 10.5. The molecule has 0 aliphatic carbocycles. The standard InChI is InChI=1S/C21H30N6O/c1-2-3-6-18-13-27(25-24-18)14-19-10-17-7-9-26(19)15-20(17)21(28)23-12-16-5-4-8-22-11-16/h4-5,8,11,13,17,19-20H,2-3,6-7,9-10,12,14-15H2,1H3,(H,23,28)/t17-,19+,20-/m0/s1. The number of carbonyl (C=O) groups excluding carboxylic acids is 1. The smallest absolute Gasteiger partial charge is 0.224 e. The minimum atomic E-state index is 0.0949. The summed E-state index contributed by atoms with van der Waals surface area (Å²) in [5.41, 5.74) is 2.13. The maximum Gasteiger partial charge on any atom is 0.224 e. The van der Waals surface area contributed by atoms with Crippen molar-refractivity contribution in [2.24, 2.45) is 11.8 Å². The molecule has 1 unspecified atom stereocenters. The van der Waals surface area contributed by atoms with Crippen LogP contribution in [-0.2, 0) is 24.3 Å². The van der Waals surface area contributed by atoms with Gasteiger partial charge < -0.3 is 5.32 Å². The molecule has 3 saturated heterocycles. The van der Waals surface area contributed by atoms with Crippen LogP contribution in [-0.4, -0.2) is 49.9 Å². The van der Waals surface area contributed by atoms with E-state index in [0.29, 0.717) is 18.5 Å². The van der Waals surface area contributed by atoms with Crippen molar-refractivity contribution < 1.29 is 4.79 Å². The van der Waals surface area contributed by atoms with Gasteiger partial charge in [0.05, 0.1) is 18.2 Å². The summed E-state index contributed by atoms with van der Waals surface area (Å²) in [4.78, 5) is 19.3. The summed E-state index contributed by atoms with van der Waals surface area (Å²) >= 11 is 0. The molecule has 0 spiro atoms. The van der Waals surface area contributed by atoms with Gasteiger partial charge in [-0.2, -0.15) is 0 Å². The third-order valence-corrected chi connectivity index (χ3v) is 6.18. The van der Waals surface area contributed by atoms with E-state index in [2.05, 4.69) is 38.6 Å². The third kappa shape index (κ3) is 4.41. The summed E-state index contributed by atoms with van der Waals surface area (Å²) < 4.78 is 1.99. The Balaban J connectivity index is 1.30. The Morgan fingerprint density at radius 1 is 1.39 bits per heavy atom. The largest absolute Gasteiger partial charge is 0.352 e. The molecule has 0 aromatic carbocycles. The van der Waals surface area contributed by atoms with Crippen molar-refractivity contribution in [2.45, 2.75) is 58.2 Å². The summed E-state index contributed by atoms with van der Waals surface area (Å²) in [5.74, 6) is 0.740. The Labute approximate surface area is 166 Å². The molecule has 7 heteroatoms. The average molecular weight is 383 g/mol. The molecule has 3 aliphatic heterocycles. The molecule has 0 saturated carbocycles. The summed E-state index contributed by atoms with van der Waals surface area (Å²) in [6, 6.07) is 4.35. The molecule has 3 fully saturated rings. The summed E-state index contributed by atoms with van der Waals surface area (Å²) in [6.07, 6.45) is 11.2. The summed E-state index contributed by atoms with van der Waals surface area (Å²) in [7, 11) is 0. The molecule has 1 amide bonds. The average Bonchev–Trinajstić information content (AvgIpc) is 3.19. The minimum Gasteiger partial charge on any atom is -0.352 e. The number of aryl methyl sites for hydroxylation is 1. The SMILES string of the molecule is CCCCc1cn(C[C@H]2C[C@@H]3CCN2C[C@@H]3C(=O)NCc2cccnc2)nn1. The van der Waals surface area contributed by atoms with Crippen LogP contribution in [0.15, 0.2) is 30.7 Å². The molecule has 2 bridgehead atoms. The molecular weight excluding hydrogens is 352 g/mol. The Kier molecular flexibility index (Phi) is 6.00. The second-order valence-corrected chi connectivity index (χ2v) is 8.15. The van der Waals surface area contributed by atoms with Crippen LogP contribution in [0.3, 0.4) is 0 Å². The number of nitrogens with zero attached hydrogens (tertiary/aromatic N) is 5. The number of aromatic nitrogens is 4. The fourth-order valence-electron chi connectivity index (χ4n) is 4.56. The topological polar surface area (TPSA) is 75.9 Å². The van der Waals surface area contributed by atoms with Gasteiger partial charge in [0.2, 0.25) is 5.91 Å². The van der Waals surface area contributed by atoms with Gasteiger partial charge in [0.25, 0.3) is 0 Å². The number of carbonyl (C=O) groups is 1. The summed E-state index contributed by atoms with van der Waals surface area (Å²) in [5, 5.41) is 11.7. The lowest BCUT2D eigenvalue weighted by Crippen LogP contribution is -2.58. The second-order valence-electron chi connectivity index (χ2n) is 8.15. The van der Waals surface area contributed by atoms with Crippen molar-refractivity contribution in [3.05, 3.63) is 42.0 Å². The molecule has 2 aromatic heterocycles. The maximum absolute atomic E-state index is 12.7. The van der Waals surface area contributed by atoms with Gasteiger partial charge in [0.1, 0.15) is 0 Å². The third-order valence-electron chi connectivity index (χ3n) is 6.18. The first-order valence-electron chi connectivity index (χ1n) is 10.5. The molecule has 28 heavy (non-hydrogen) atoms. The monoisotopic (exact) mass is 382 g/mol. The van der Waals surface area contributed by atoms with Crippen LogP contribution >= 0.6 is 0 Å². The van der Waals surface area contributed by atoms with Crippen LogP contribution in [0, 0.1) is 11.8 Å². The van der Waals surface area contributed by atoms with Gasteiger partial charge in [-0.15, -0.1) is 5.10 Å². The number of amides is 1. The van der Waals surface area contributed by atoms with Crippen molar-refractivity contribution in [1.82, 2.24) is 30.2 Å². The van der Waals surface area contributed by atoms with Crippen molar-refractivity contribution in [1.29, 1.82) is 0 Å². The van der Waals surface area contributed by atoms with E-state index in [9.17, 15) is 4.79 Å². The number of pyridine rings is 1. The fraction of sp³-hybridized carbons (Fsp3) is 0.619.